The Morgan fingerprint density at radius 1 is 0.941 bits per heavy atom. The molecule has 3 unspecified atom stereocenters. The molecule has 6 nitrogen and oxygen atoms in total. The van der Waals surface area contributed by atoms with Crippen LogP contribution < -0.4 is 24.0 Å². The van der Waals surface area contributed by atoms with Gasteiger partial charge >= 0.3 is 24.8 Å². The maximum absolute atomic E-state index is 11.3. The third-order valence-electron chi connectivity index (χ3n) is 1.82. The Kier molecular flexibility index (Phi) is 9.03. The summed E-state index contributed by atoms with van der Waals surface area (Å²) in [4.78, 5) is 32.9. The van der Waals surface area contributed by atoms with Gasteiger partial charge in [0.15, 0.2) is 18.0 Å². The van der Waals surface area contributed by atoms with Crippen LogP contribution in [0.2, 0.25) is 0 Å². The quantitative estimate of drug-likeness (QED) is 0.360. The van der Waals surface area contributed by atoms with Gasteiger partial charge in [-0.05, 0) is 26.9 Å². The molecule has 0 aromatic carbocycles. The third-order valence-corrected chi connectivity index (χ3v) is 1.82. The minimum atomic E-state index is -1.56. The molecule has 0 aliphatic rings. The van der Waals surface area contributed by atoms with Crippen LogP contribution in [0.1, 0.15) is 27.7 Å². The summed E-state index contributed by atoms with van der Waals surface area (Å²) in [5, 5.41) is 10.6. The number of carbonyl (C=O) groups is 3. The molecular formula is C10H15LiO6. The second kappa shape index (κ2) is 8.29. The zero-order valence-corrected chi connectivity index (χ0v) is 10.7. The van der Waals surface area contributed by atoms with Gasteiger partial charge in [0.1, 0.15) is 0 Å². The van der Waals surface area contributed by atoms with Crippen molar-refractivity contribution in [2.75, 3.05) is 0 Å². The van der Waals surface area contributed by atoms with E-state index in [-0.39, 0.29) is 24.6 Å². The van der Waals surface area contributed by atoms with E-state index in [0.29, 0.717) is 0 Å². The summed E-state index contributed by atoms with van der Waals surface area (Å²) >= 11 is 0. The Balaban J connectivity index is 0. The molecule has 0 N–H and O–H groups in total. The van der Waals surface area contributed by atoms with E-state index in [2.05, 4.69) is 9.47 Å². The van der Waals surface area contributed by atoms with Crippen LogP contribution in [0, 0.1) is 0 Å². The minimum absolute atomic E-state index is 0. The van der Waals surface area contributed by atoms with Crippen molar-refractivity contribution in [3.63, 3.8) is 0 Å². The Morgan fingerprint density at radius 2 is 1.35 bits per heavy atom. The van der Waals surface area contributed by atoms with Crippen molar-refractivity contribution >= 4 is 17.7 Å². The monoisotopic (exact) mass is 238 g/mol. The van der Waals surface area contributed by atoms with Crippen molar-refractivity contribution < 1.29 is 47.8 Å². The number of hydrogen-bond donors (Lipinski definition) is 0. The fraction of sp³-hybridized carbons (Fsp3) is 0.700. The number of ketones is 1. The summed E-state index contributed by atoms with van der Waals surface area (Å²) in [6.07, 6.45) is -3.63. The molecule has 0 radical (unpaired) electrons. The van der Waals surface area contributed by atoms with Gasteiger partial charge in [0.05, 0.1) is 0 Å². The standard InChI is InChI=1S/C10H15O6.Li/c1-5(11)7(3)15-10(14)8(4)16-9(13)6(2)12;/h6-8H,1-4H3;/q-1;+1. The van der Waals surface area contributed by atoms with Crippen molar-refractivity contribution in [2.24, 2.45) is 0 Å². The average molecular weight is 238 g/mol. The number of Topliss-reactive ketones (excluding diaryl/α,β-unsaturated/α-hetero) is 1. The van der Waals surface area contributed by atoms with Crippen molar-refractivity contribution in [1.29, 1.82) is 0 Å². The topological polar surface area (TPSA) is 92.7 Å². The van der Waals surface area contributed by atoms with Crippen molar-refractivity contribution in [3.05, 3.63) is 0 Å². The molecule has 17 heavy (non-hydrogen) atoms. The van der Waals surface area contributed by atoms with E-state index in [1.807, 2.05) is 0 Å². The molecule has 0 aromatic rings. The van der Waals surface area contributed by atoms with E-state index >= 15 is 0 Å². The molecular weight excluding hydrogens is 223 g/mol. The number of hydrogen-bond acceptors (Lipinski definition) is 6. The molecule has 0 aliphatic heterocycles. The largest absolute Gasteiger partial charge is 1.00 e. The molecule has 0 saturated heterocycles. The fourth-order valence-electron chi connectivity index (χ4n) is 0.671. The maximum atomic E-state index is 11.3. The van der Waals surface area contributed by atoms with Gasteiger partial charge in [-0.15, -0.1) is 0 Å². The first-order valence-corrected chi connectivity index (χ1v) is 4.83. The van der Waals surface area contributed by atoms with Crippen LogP contribution >= 0.6 is 0 Å². The summed E-state index contributed by atoms with van der Waals surface area (Å²) in [5.74, 6) is -2.19. The molecule has 0 fully saturated rings. The van der Waals surface area contributed by atoms with Crippen LogP contribution in [0.4, 0.5) is 0 Å². The molecule has 0 rings (SSSR count). The number of ether oxygens (including phenoxy) is 2. The first kappa shape index (κ1) is 18.5. The molecule has 0 heterocycles. The van der Waals surface area contributed by atoms with Gasteiger partial charge in [-0.2, -0.15) is 0 Å². The Labute approximate surface area is 112 Å². The van der Waals surface area contributed by atoms with Gasteiger partial charge in [-0.25, -0.2) is 4.79 Å². The molecule has 0 bridgehead atoms. The second-order valence-corrected chi connectivity index (χ2v) is 3.41. The van der Waals surface area contributed by atoms with Crippen LogP contribution in [0.3, 0.4) is 0 Å². The molecule has 0 aliphatic carbocycles. The third kappa shape index (κ3) is 7.16. The van der Waals surface area contributed by atoms with Crippen molar-refractivity contribution in [3.8, 4) is 0 Å². The normalized spacial score (nSPS) is 14.9. The first-order valence-electron chi connectivity index (χ1n) is 4.83. The molecule has 3 atom stereocenters. The molecule has 92 valence electrons. The predicted octanol–water partition coefficient (Wildman–Crippen LogP) is -3.81. The van der Waals surface area contributed by atoms with E-state index < -0.39 is 30.3 Å². The molecule has 7 heteroatoms. The first-order chi connectivity index (χ1) is 7.25. The van der Waals surface area contributed by atoms with Crippen LogP contribution in [0.5, 0.6) is 0 Å². The zero-order valence-electron chi connectivity index (χ0n) is 10.7. The van der Waals surface area contributed by atoms with Crippen LogP contribution in [0.15, 0.2) is 0 Å². The molecule has 0 aromatic heterocycles. The van der Waals surface area contributed by atoms with Gasteiger partial charge in [-0.1, -0.05) is 6.92 Å². The number of carbonyl (C=O) groups excluding carboxylic acids is 3. The van der Waals surface area contributed by atoms with Crippen molar-refractivity contribution in [1.82, 2.24) is 0 Å². The average Bonchev–Trinajstić information content (AvgIpc) is 2.16. The van der Waals surface area contributed by atoms with Gasteiger partial charge in [0.2, 0.25) is 0 Å². The van der Waals surface area contributed by atoms with Gasteiger partial charge in [-0.3, -0.25) is 9.59 Å². The Morgan fingerprint density at radius 3 is 1.71 bits per heavy atom. The summed E-state index contributed by atoms with van der Waals surface area (Å²) in [6.45, 7) is 5.06. The van der Waals surface area contributed by atoms with Gasteiger partial charge in [0, 0.05) is 0 Å². The van der Waals surface area contributed by atoms with Gasteiger partial charge in [0.25, 0.3) is 5.97 Å². The predicted molar refractivity (Wildman–Crippen MR) is 51.3 cm³/mol. The molecule has 0 amide bonds. The smallest absolute Gasteiger partial charge is 0.844 e. The van der Waals surface area contributed by atoms with Crippen LogP contribution in [0.25, 0.3) is 0 Å². The Hall–Kier alpha value is -0.833. The van der Waals surface area contributed by atoms with E-state index in [0.717, 1.165) is 6.92 Å². The molecule has 0 saturated carbocycles. The number of rotatable bonds is 5. The van der Waals surface area contributed by atoms with Gasteiger partial charge < -0.3 is 14.6 Å². The SMILES string of the molecule is CC(=O)C(C)OC(=O)C(C)OC(=O)C(C)[O-].[Li+]. The van der Waals surface area contributed by atoms with Crippen LogP contribution in [-0.2, 0) is 23.9 Å². The van der Waals surface area contributed by atoms with Crippen LogP contribution in [-0.4, -0.2) is 36.0 Å². The van der Waals surface area contributed by atoms with Crippen molar-refractivity contribution in [2.45, 2.75) is 46.0 Å². The van der Waals surface area contributed by atoms with E-state index in [1.165, 1.54) is 20.8 Å². The maximum Gasteiger partial charge on any atom is 1.00 e. The van der Waals surface area contributed by atoms with E-state index in [9.17, 15) is 19.5 Å². The summed E-state index contributed by atoms with van der Waals surface area (Å²) in [7, 11) is 0. The minimum Gasteiger partial charge on any atom is -0.844 e. The zero-order chi connectivity index (χ0) is 12.9. The Bertz CT molecular complexity index is 289. The van der Waals surface area contributed by atoms with E-state index in [4.69, 9.17) is 0 Å². The molecule has 0 spiro atoms. The summed E-state index contributed by atoms with van der Waals surface area (Å²) in [5.41, 5.74) is 0. The summed E-state index contributed by atoms with van der Waals surface area (Å²) < 4.78 is 9.20. The second-order valence-electron chi connectivity index (χ2n) is 3.41. The number of esters is 2. The van der Waals surface area contributed by atoms with E-state index in [1.54, 1.807) is 0 Å². The fourth-order valence-corrected chi connectivity index (χ4v) is 0.671. The summed E-state index contributed by atoms with van der Waals surface area (Å²) in [6, 6.07) is 0.